The summed E-state index contributed by atoms with van der Waals surface area (Å²) < 4.78 is 0. The molecule has 0 unspecified atom stereocenters. The molecule has 0 fully saturated rings. The number of carbonyl (C=O) groups is 2. The van der Waals surface area contributed by atoms with Crippen LogP contribution >= 0.6 is 23.2 Å². The molecule has 3 N–H and O–H groups in total. The molecule has 3 aromatic rings. The Labute approximate surface area is 172 Å². The summed E-state index contributed by atoms with van der Waals surface area (Å²) >= 11 is 11.9. The van der Waals surface area contributed by atoms with Crippen LogP contribution < -0.4 is 16.0 Å². The lowest BCUT2D eigenvalue weighted by molar-refractivity contribution is -0.114. The second-order valence-electron chi connectivity index (χ2n) is 5.89. The Bertz CT molecular complexity index is 994. The predicted octanol–water partition coefficient (Wildman–Crippen LogP) is 5.30. The molecule has 0 heterocycles. The average Bonchev–Trinajstić information content (AvgIpc) is 2.68. The fourth-order valence-corrected chi connectivity index (χ4v) is 2.99. The summed E-state index contributed by atoms with van der Waals surface area (Å²) in [4.78, 5) is 24.9. The molecule has 28 heavy (non-hydrogen) atoms. The van der Waals surface area contributed by atoms with E-state index in [-0.39, 0.29) is 18.4 Å². The molecule has 0 saturated heterocycles. The molecular weight excluding hydrogens is 397 g/mol. The smallest absolute Gasteiger partial charge is 0.257 e. The highest BCUT2D eigenvalue weighted by atomic mass is 35.5. The van der Waals surface area contributed by atoms with Crippen molar-refractivity contribution in [2.45, 2.75) is 0 Å². The van der Waals surface area contributed by atoms with E-state index < -0.39 is 0 Å². The van der Waals surface area contributed by atoms with E-state index in [0.29, 0.717) is 32.7 Å². The molecule has 2 amide bonds. The molecule has 0 radical (unpaired) electrons. The van der Waals surface area contributed by atoms with Crippen molar-refractivity contribution >= 4 is 52.1 Å². The lowest BCUT2D eigenvalue weighted by atomic mass is 10.1. The summed E-state index contributed by atoms with van der Waals surface area (Å²) in [5.41, 5.74) is 2.05. The predicted molar refractivity (Wildman–Crippen MR) is 114 cm³/mol. The van der Waals surface area contributed by atoms with Crippen LogP contribution in [0.4, 0.5) is 17.1 Å². The van der Waals surface area contributed by atoms with Gasteiger partial charge in [0.1, 0.15) is 0 Å². The first-order valence-corrected chi connectivity index (χ1v) is 9.23. The second-order valence-corrected chi connectivity index (χ2v) is 6.74. The van der Waals surface area contributed by atoms with Crippen molar-refractivity contribution in [1.29, 1.82) is 0 Å². The van der Waals surface area contributed by atoms with Crippen LogP contribution in [-0.4, -0.2) is 18.4 Å². The third-order valence-corrected chi connectivity index (χ3v) is 4.40. The van der Waals surface area contributed by atoms with Crippen LogP contribution in [0.1, 0.15) is 10.4 Å². The number of para-hydroxylation sites is 2. The van der Waals surface area contributed by atoms with Gasteiger partial charge in [-0.25, -0.2) is 0 Å². The number of rotatable bonds is 6. The molecule has 7 heteroatoms. The van der Waals surface area contributed by atoms with Crippen LogP contribution in [0, 0.1) is 0 Å². The highest BCUT2D eigenvalue weighted by Crippen LogP contribution is 2.25. The van der Waals surface area contributed by atoms with Crippen LogP contribution in [0.25, 0.3) is 0 Å². The Kier molecular flexibility index (Phi) is 6.53. The van der Waals surface area contributed by atoms with Gasteiger partial charge in [-0.3, -0.25) is 9.59 Å². The topological polar surface area (TPSA) is 70.2 Å². The molecule has 0 saturated carbocycles. The Morgan fingerprint density at radius 2 is 1.50 bits per heavy atom. The first-order valence-electron chi connectivity index (χ1n) is 8.47. The lowest BCUT2D eigenvalue weighted by Crippen LogP contribution is -2.24. The van der Waals surface area contributed by atoms with E-state index in [1.54, 1.807) is 54.6 Å². The summed E-state index contributed by atoms with van der Waals surface area (Å²) in [5.74, 6) is -0.623. The van der Waals surface area contributed by atoms with E-state index in [9.17, 15) is 9.59 Å². The molecule has 0 aliphatic heterocycles. The Morgan fingerprint density at radius 1 is 0.786 bits per heavy atom. The number of halogens is 2. The summed E-state index contributed by atoms with van der Waals surface area (Å²) in [5, 5.41) is 9.43. The van der Waals surface area contributed by atoms with Gasteiger partial charge in [0.15, 0.2) is 0 Å². The quantitative estimate of drug-likeness (QED) is 0.513. The number of nitrogens with one attached hydrogen (secondary N) is 3. The molecule has 142 valence electrons. The van der Waals surface area contributed by atoms with Gasteiger partial charge in [-0.2, -0.15) is 0 Å². The zero-order valence-corrected chi connectivity index (χ0v) is 16.2. The van der Waals surface area contributed by atoms with Crippen molar-refractivity contribution in [1.82, 2.24) is 0 Å². The van der Waals surface area contributed by atoms with Crippen molar-refractivity contribution < 1.29 is 9.59 Å². The van der Waals surface area contributed by atoms with E-state index in [2.05, 4.69) is 16.0 Å². The average molecular weight is 414 g/mol. The maximum atomic E-state index is 12.6. The fourth-order valence-electron chi connectivity index (χ4n) is 2.51. The van der Waals surface area contributed by atoms with Crippen LogP contribution in [0.15, 0.2) is 72.8 Å². The van der Waals surface area contributed by atoms with E-state index in [4.69, 9.17) is 23.2 Å². The number of carbonyl (C=O) groups excluding carboxylic acids is 2. The van der Waals surface area contributed by atoms with Gasteiger partial charge >= 0.3 is 0 Å². The molecule has 3 aromatic carbocycles. The minimum absolute atomic E-state index is 0.0179. The monoisotopic (exact) mass is 413 g/mol. The summed E-state index contributed by atoms with van der Waals surface area (Å²) in [6.07, 6.45) is 0. The molecule has 0 aromatic heterocycles. The zero-order chi connectivity index (χ0) is 19.9. The maximum absolute atomic E-state index is 12.6. The standard InChI is InChI=1S/C21H17Cl2N3O2/c22-14-10-11-19(17(23)12-14)24-13-20(27)26-18-9-5-4-8-16(18)21(28)25-15-6-2-1-3-7-15/h1-12,24H,13H2,(H,25,28)(H,26,27). The van der Waals surface area contributed by atoms with E-state index >= 15 is 0 Å². The second kappa shape index (κ2) is 9.26. The largest absolute Gasteiger partial charge is 0.375 e. The molecule has 3 rings (SSSR count). The maximum Gasteiger partial charge on any atom is 0.257 e. The van der Waals surface area contributed by atoms with Gasteiger partial charge in [-0.05, 0) is 42.5 Å². The highest BCUT2D eigenvalue weighted by Gasteiger charge is 2.13. The van der Waals surface area contributed by atoms with Crippen LogP contribution in [0.2, 0.25) is 10.0 Å². The van der Waals surface area contributed by atoms with E-state index in [1.165, 1.54) is 0 Å². The molecule has 0 aliphatic rings. The Hall–Kier alpha value is -3.02. The van der Waals surface area contributed by atoms with Gasteiger partial charge in [0.25, 0.3) is 5.91 Å². The Morgan fingerprint density at radius 3 is 2.25 bits per heavy atom. The number of anilines is 3. The molecule has 0 bridgehead atoms. The first kappa shape index (κ1) is 19.7. The molecule has 0 aliphatic carbocycles. The van der Waals surface area contributed by atoms with E-state index in [1.807, 2.05) is 18.2 Å². The number of hydrogen-bond acceptors (Lipinski definition) is 3. The summed E-state index contributed by atoms with van der Waals surface area (Å²) in [6, 6.07) is 20.9. The van der Waals surface area contributed by atoms with Crippen molar-refractivity contribution in [2.24, 2.45) is 0 Å². The zero-order valence-electron chi connectivity index (χ0n) is 14.7. The SMILES string of the molecule is O=C(CNc1ccc(Cl)cc1Cl)Nc1ccccc1C(=O)Nc1ccccc1. The lowest BCUT2D eigenvalue weighted by Gasteiger charge is -2.13. The molecule has 5 nitrogen and oxygen atoms in total. The Balaban J connectivity index is 1.65. The van der Waals surface area contributed by atoms with E-state index in [0.717, 1.165) is 0 Å². The fraction of sp³-hybridized carbons (Fsp3) is 0.0476. The van der Waals surface area contributed by atoms with Crippen molar-refractivity contribution in [3.8, 4) is 0 Å². The number of benzene rings is 3. The van der Waals surface area contributed by atoms with Crippen molar-refractivity contribution in [2.75, 3.05) is 22.5 Å². The molecule has 0 spiro atoms. The van der Waals surface area contributed by atoms with Gasteiger partial charge in [0, 0.05) is 10.7 Å². The highest BCUT2D eigenvalue weighted by molar-refractivity contribution is 6.36. The van der Waals surface area contributed by atoms with Crippen LogP contribution in [-0.2, 0) is 4.79 Å². The van der Waals surface area contributed by atoms with Gasteiger partial charge in [-0.1, -0.05) is 53.5 Å². The van der Waals surface area contributed by atoms with Gasteiger partial charge in [0.05, 0.1) is 28.5 Å². The third kappa shape index (κ3) is 5.25. The minimum Gasteiger partial charge on any atom is -0.375 e. The van der Waals surface area contributed by atoms with Gasteiger partial charge < -0.3 is 16.0 Å². The van der Waals surface area contributed by atoms with Crippen molar-refractivity contribution in [3.05, 3.63) is 88.4 Å². The summed E-state index contributed by atoms with van der Waals surface area (Å²) in [7, 11) is 0. The van der Waals surface area contributed by atoms with Crippen LogP contribution in [0.5, 0.6) is 0 Å². The van der Waals surface area contributed by atoms with Gasteiger partial charge in [0.2, 0.25) is 5.91 Å². The molecular formula is C21H17Cl2N3O2. The summed E-state index contributed by atoms with van der Waals surface area (Å²) in [6.45, 7) is -0.0179. The van der Waals surface area contributed by atoms with Crippen LogP contribution in [0.3, 0.4) is 0 Å². The third-order valence-electron chi connectivity index (χ3n) is 3.85. The minimum atomic E-state index is -0.314. The van der Waals surface area contributed by atoms with Crippen molar-refractivity contribution in [3.63, 3.8) is 0 Å². The normalized spacial score (nSPS) is 10.2. The molecule has 0 atom stereocenters. The van der Waals surface area contributed by atoms with Gasteiger partial charge in [-0.15, -0.1) is 0 Å². The number of hydrogen-bond donors (Lipinski definition) is 3. The number of amides is 2. The first-order chi connectivity index (χ1) is 13.5.